The van der Waals surface area contributed by atoms with E-state index >= 15 is 0 Å². The van der Waals surface area contributed by atoms with Crippen LogP contribution in [0.1, 0.15) is 31.7 Å². The van der Waals surface area contributed by atoms with Crippen LogP contribution in [0.25, 0.3) is 5.70 Å². The number of likely N-dealkylation sites (N-methyl/N-ethyl adjacent to an activating group) is 1. The molecule has 33 heavy (non-hydrogen) atoms. The van der Waals surface area contributed by atoms with Crippen molar-refractivity contribution in [2.45, 2.75) is 32.7 Å². The Labute approximate surface area is 194 Å². The van der Waals surface area contributed by atoms with E-state index in [0.717, 1.165) is 74.7 Å². The summed E-state index contributed by atoms with van der Waals surface area (Å²) >= 11 is 0. The smallest absolute Gasteiger partial charge is 0.349 e. The first kappa shape index (κ1) is 23.3. The van der Waals surface area contributed by atoms with Gasteiger partial charge < -0.3 is 24.4 Å². The number of benzene rings is 1. The van der Waals surface area contributed by atoms with Crippen LogP contribution in [0.15, 0.2) is 35.3 Å². The van der Waals surface area contributed by atoms with Gasteiger partial charge in [0.25, 0.3) is 0 Å². The molecule has 9 nitrogen and oxygen atoms in total. The van der Waals surface area contributed by atoms with Gasteiger partial charge in [0.15, 0.2) is 0 Å². The van der Waals surface area contributed by atoms with Gasteiger partial charge in [-0.2, -0.15) is 0 Å². The molecule has 3 heterocycles. The molecule has 1 aromatic heterocycles. The van der Waals surface area contributed by atoms with E-state index in [1.54, 1.807) is 0 Å². The van der Waals surface area contributed by atoms with E-state index in [9.17, 15) is 9.90 Å². The molecule has 2 aromatic rings. The van der Waals surface area contributed by atoms with E-state index in [-0.39, 0.29) is 11.6 Å². The number of unbranched alkanes of at least 4 members (excludes halogenated alkanes) is 1. The van der Waals surface area contributed by atoms with Crippen LogP contribution in [0.2, 0.25) is 0 Å². The minimum atomic E-state index is -0.296. The van der Waals surface area contributed by atoms with Gasteiger partial charge in [-0.3, -0.25) is 9.99 Å². The fourth-order valence-electron chi connectivity index (χ4n) is 4.11. The van der Waals surface area contributed by atoms with Crippen molar-refractivity contribution in [3.63, 3.8) is 0 Å². The Kier molecular flexibility index (Phi) is 7.61. The lowest BCUT2D eigenvalue weighted by molar-refractivity contribution is 0.151. The summed E-state index contributed by atoms with van der Waals surface area (Å²) in [6, 6.07) is 5.70. The summed E-state index contributed by atoms with van der Waals surface area (Å²) in [6.07, 6.45) is 6.17. The minimum Gasteiger partial charge on any atom is -0.494 e. The van der Waals surface area contributed by atoms with Gasteiger partial charge in [0.1, 0.15) is 18.1 Å². The highest BCUT2D eigenvalue weighted by Gasteiger charge is 2.18. The van der Waals surface area contributed by atoms with Crippen molar-refractivity contribution >= 4 is 5.70 Å². The molecule has 0 spiro atoms. The van der Waals surface area contributed by atoms with Crippen LogP contribution in [0.4, 0.5) is 0 Å². The van der Waals surface area contributed by atoms with Crippen molar-refractivity contribution in [1.29, 1.82) is 0 Å². The van der Waals surface area contributed by atoms with Gasteiger partial charge in [0, 0.05) is 38.3 Å². The zero-order valence-electron chi connectivity index (χ0n) is 19.6. The molecule has 1 fully saturated rings. The number of nitrogens with zero attached hydrogens (tertiary/aromatic N) is 4. The summed E-state index contributed by atoms with van der Waals surface area (Å²) in [6.45, 7) is 8.79. The molecule has 1 aromatic carbocycles. The summed E-state index contributed by atoms with van der Waals surface area (Å²) in [7, 11) is 2.14. The molecule has 2 aliphatic rings. The predicted molar refractivity (Wildman–Crippen MR) is 129 cm³/mol. The lowest BCUT2D eigenvalue weighted by Crippen LogP contribution is -2.44. The SMILES string of the molecule is CCCCOc1ccc2c(c1)C(Nn1cc(O)n(CCCN3CCN(C)CC3)c1=O)=CCO2. The molecule has 0 unspecified atom stereocenters. The van der Waals surface area contributed by atoms with Crippen molar-refractivity contribution in [2.24, 2.45) is 0 Å². The highest BCUT2D eigenvalue weighted by atomic mass is 16.5. The van der Waals surface area contributed by atoms with Gasteiger partial charge in [-0.05, 0) is 50.7 Å². The van der Waals surface area contributed by atoms with Crippen LogP contribution in [0.5, 0.6) is 17.4 Å². The predicted octanol–water partition coefficient (Wildman–Crippen LogP) is 2.15. The molecule has 0 bridgehead atoms. The number of aromatic hydroxyl groups is 1. The zero-order chi connectivity index (χ0) is 23.2. The second kappa shape index (κ2) is 10.8. The largest absolute Gasteiger partial charge is 0.494 e. The van der Waals surface area contributed by atoms with Crippen LogP contribution >= 0.6 is 0 Å². The van der Waals surface area contributed by atoms with E-state index in [2.05, 4.69) is 29.2 Å². The van der Waals surface area contributed by atoms with E-state index in [1.165, 1.54) is 15.4 Å². The average Bonchev–Trinajstić information content (AvgIpc) is 3.08. The third-order valence-corrected chi connectivity index (χ3v) is 6.19. The van der Waals surface area contributed by atoms with Crippen molar-refractivity contribution in [3.05, 3.63) is 46.5 Å². The quantitative estimate of drug-likeness (QED) is 0.529. The van der Waals surface area contributed by atoms with Crippen LogP contribution in [-0.2, 0) is 6.54 Å². The minimum absolute atomic E-state index is 0.0459. The highest BCUT2D eigenvalue weighted by molar-refractivity contribution is 5.76. The molecule has 9 heteroatoms. The number of hydrogen-bond acceptors (Lipinski definition) is 7. The molecule has 2 N–H and O–H groups in total. The van der Waals surface area contributed by atoms with Crippen LogP contribution < -0.4 is 20.6 Å². The Morgan fingerprint density at radius 1 is 1.15 bits per heavy atom. The molecule has 0 aliphatic carbocycles. The molecular weight excluding hydrogens is 422 g/mol. The first-order valence-corrected chi connectivity index (χ1v) is 11.8. The summed E-state index contributed by atoms with van der Waals surface area (Å²) < 4.78 is 14.3. The summed E-state index contributed by atoms with van der Waals surface area (Å²) in [5.41, 5.74) is 4.41. The number of ether oxygens (including phenoxy) is 2. The molecule has 0 saturated carbocycles. The first-order chi connectivity index (χ1) is 16.0. The van der Waals surface area contributed by atoms with Gasteiger partial charge >= 0.3 is 5.69 Å². The Morgan fingerprint density at radius 3 is 2.76 bits per heavy atom. The molecule has 0 amide bonds. The van der Waals surface area contributed by atoms with Gasteiger partial charge in [-0.1, -0.05) is 13.3 Å². The summed E-state index contributed by atoms with van der Waals surface area (Å²) in [4.78, 5) is 17.7. The first-order valence-electron chi connectivity index (χ1n) is 11.8. The molecule has 1 saturated heterocycles. The van der Waals surface area contributed by atoms with Crippen molar-refractivity contribution < 1.29 is 14.6 Å². The number of aromatic nitrogens is 2. The van der Waals surface area contributed by atoms with Crippen molar-refractivity contribution in [2.75, 3.05) is 58.4 Å². The Balaban J connectivity index is 1.41. The topological polar surface area (TPSA) is 84.1 Å². The second-order valence-corrected chi connectivity index (χ2v) is 8.69. The molecule has 0 atom stereocenters. The molecule has 2 aliphatic heterocycles. The van der Waals surface area contributed by atoms with Gasteiger partial charge in [0.2, 0.25) is 5.88 Å². The van der Waals surface area contributed by atoms with Gasteiger partial charge in [0.05, 0.1) is 18.5 Å². The lowest BCUT2D eigenvalue weighted by atomic mass is 10.1. The summed E-state index contributed by atoms with van der Waals surface area (Å²) in [5, 5.41) is 10.4. The molecule has 180 valence electrons. The highest BCUT2D eigenvalue weighted by Crippen LogP contribution is 2.32. The lowest BCUT2D eigenvalue weighted by Gasteiger charge is -2.32. The summed E-state index contributed by atoms with van der Waals surface area (Å²) in [5.74, 6) is 1.44. The van der Waals surface area contributed by atoms with Crippen LogP contribution in [0, 0.1) is 0 Å². The number of hydrogen-bond donors (Lipinski definition) is 2. The molecule has 0 radical (unpaired) electrons. The number of piperazine rings is 1. The monoisotopic (exact) mass is 457 g/mol. The fourth-order valence-corrected chi connectivity index (χ4v) is 4.11. The normalized spacial score (nSPS) is 16.7. The zero-order valence-corrected chi connectivity index (χ0v) is 19.6. The third-order valence-electron chi connectivity index (χ3n) is 6.19. The van der Waals surface area contributed by atoms with Crippen molar-refractivity contribution in [1.82, 2.24) is 19.0 Å². The number of nitrogens with one attached hydrogen (secondary N) is 1. The third kappa shape index (κ3) is 5.72. The van der Waals surface area contributed by atoms with Gasteiger partial charge in [-0.15, -0.1) is 0 Å². The van der Waals surface area contributed by atoms with E-state index in [4.69, 9.17) is 9.47 Å². The van der Waals surface area contributed by atoms with Crippen LogP contribution in [0.3, 0.4) is 0 Å². The standard InChI is InChI=1S/C24H35N5O4/c1-3-4-15-32-19-6-7-22-20(17-19)21(8-16-33-22)25-29-18-23(30)28(24(29)31)10-5-9-27-13-11-26(2)12-14-27/h6-8,17-18,25,30H,3-5,9-16H2,1-2H3. The Bertz CT molecular complexity index is 1020. The fraction of sp³-hybridized carbons (Fsp3) is 0.542. The molecular formula is C24H35N5O4. The van der Waals surface area contributed by atoms with E-state index in [0.29, 0.717) is 19.8 Å². The number of imidazole rings is 1. The number of rotatable bonds is 10. The van der Waals surface area contributed by atoms with Gasteiger partial charge in [-0.25, -0.2) is 9.47 Å². The van der Waals surface area contributed by atoms with E-state index in [1.807, 2.05) is 24.3 Å². The Hall–Kier alpha value is -2.91. The maximum atomic E-state index is 12.9. The second-order valence-electron chi connectivity index (χ2n) is 8.69. The average molecular weight is 458 g/mol. The van der Waals surface area contributed by atoms with Crippen LogP contribution in [-0.4, -0.2) is 77.1 Å². The van der Waals surface area contributed by atoms with Crippen molar-refractivity contribution in [3.8, 4) is 17.4 Å². The molecule has 4 rings (SSSR count). The maximum absolute atomic E-state index is 12.9. The number of fused-ring (bicyclic) bond motifs is 1. The van der Waals surface area contributed by atoms with E-state index < -0.39 is 0 Å². The Morgan fingerprint density at radius 2 is 1.97 bits per heavy atom. The maximum Gasteiger partial charge on any atom is 0.349 e.